The van der Waals surface area contributed by atoms with Crippen LogP contribution in [0.4, 0.5) is 11.4 Å². The molecule has 28 heavy (non-hydrogen) atoms. The third kappa shape index (κ3) is 4.56. The van der Waals surface area contributed by atoms with Crippen molar-refractivity contribution in [2.45, 2.75) is 12.5 Å². The van der Waals surface area contributed by atoms with Gasteiger partial charge in [-0.25, -0.2) is 8.42 Å². The van der Waals surface area contributed by atoms with Crippen LogP contribution in [-0.2, 0) is 14.6 Å². The second-order valence-corrected chi connectivity index (χ2v) is 8.80. The highest BCUT2D eigenvalue weighted by atomic mass is 32.2. The molecule has 3 rings (SSSR count). The maximum absolute atomic E-state index is 13.0. The van der Waals surface area contributed by atoms with Crippen molar-refractivity contribution < 1.29 is 22.7 Å². The van der Waals surface area contributed by atoms with Gasteiger partial charge in [0.15, 0.2) is 9.84 Å². The normalized spacial score (nSPS) is 17.7. The van der Waals surface area contributed by atoms with Gasteiger partial charge >= 0.3 is 0 Å². The summed E-state index contributed by atoms with van der Waals surface area (Å²) in [7, 11) is -0.00433. The summed E-state index contributed by atoms with van der Waals surface area (Å²) in [6.45, 7) is 0.00807. The van der Waals surface area contributed by atoms with Crippen LogP contribution in [-0.4, -0.2) is 52.6 Å². The van der Waals surface area contributed by atoms with E-state index in [0.29, 0.717) is 29.3 Å². The van der Waals surface area contributed by atoms with Crippen molar-refractivity contribution in [1.82, 2.24) is 0 Å². The molecule has 1 aliphatic rings. The third-order valence-corrected chi connectivity index (χ3v) is 6.47. The fourth-order valence-corrected chi connectivity index (χ4v) is 5.03. The largest absolute Gasteiger partial charge is 0.497 e. The minimum atomic E-state index is -3.12. The first kappa shape index (κ1) is 20.0. The highest BCUT2D eigenvalue weighted by Crippen LogP contribution is 2.29. The van der Waals surface area contributed by atoms with Crippen molar-refractivity contribution in [3.05, 3.63) is 48.5 Å². The molecule has 8 heteroatoms. The number of carbonyl (C=O) groups excluding carboxylic acids is 1. The number of carbonyl (C=O) groups is 1. The van der Waals surface area contributed by atoms with Crippen molar-refractivity contribution in [3.8, 4) is 11.5 Å². The third-order valence-electron chi connectivity index (χ3n) is 4.72. The average molecular weight is 404 g/mol. The van der Waals surface area contributed by atoms with E-state index in [9.17, 15) is 13.2 Å². The van der Waals surface area contributed by atoms with Gasteiger partial charge in [-0.1, -0.05) is 18.2 Å². The predicted octanol–water partition coefficient (Wildman–Crippen LogP) is 2.34. The lowest BCUT2D eigenvalue weighted by atomic mass is 10.1. The standard InChI is InChI=1S/C20H24N2O5S/c1-26-17-8-9-18(19(12-17)27-2)21-13-20(23)22(15-6-4-3-5-7-15)16-10-11-28(24,25)14-16/h3-9,12,16,21H,10-11,13-14H2,1-2H3/t16-/m1/s1. The number of hydrogen-bond acceptors (Lipinski definition) is 6. The summed E-state index contributed by atoms with van der Waals surface area (Å²) >= 11 is 0. The van der Waals surface area contributed by atoms with Crippen LogP contribution in [0, 0.1) is 0 Å². The second-order valence-electron chi connectivity index (χ2n) is 6.58. The van der Waals surface area contributed by atoms with Crippen LogP contribution < -0.4 is 19.7 Å². The van der Waals surface area contributed by atoms with Gasteiger partial charge in [0.05, 0.1) is 44.0 Å². The number of amides is 1. The van der Waals surface area contributed by atoms with Gasteiger partial charge in [-0.15, -0.1) is 0 Å². The first-order valence-corrected chi connectivity index (χ1v) is 10.8. The summed E-state index contributed by atoms with van der Waals surface area (Å²) in [6.07, 6.45) is 0.439. The van der Waals surface area contributed by atoms with Gasteiger partial charge in [0.1, 0.15) is 11.5 Å². The molecule has 2 aromatic rings. The number of nitrogens with zero attached hydrogens (tertiary/aromatic N) is 1. The van der Waals surface area contributed by atoms with E-state index in [1.807, 2.05) is 30.3 Å². The van der Waals surface area contributed by atoms with Crippen molar-refractivity contribution in [1.29, 1.82) is 0 Å². The molecule has 0 aromatic heterocycles. The Morgan fingerprint density at radius 3 is 2.50 bits per heavy atom. The number of rotatable bonds is 7. The van der Waals surface area contributed by atoms with Gasteiger partial charge in [-0.3, -0.25) is 4.79 Å². The van der Waals surface area contributed by atoms with Gasteiger partial charge in [-0.2, -0.15) is 0 Å². The molecule has 1 N–H and O–H groups in total. The molecule has 0 aliphatic carbocycles. The van der Waals surface area contributed by atoms with Crippen molar-refractivity contribution in [2.75, 3.05) is 42.5 Å². The van der Waals surface area contributed by atoms with Gasteiger partial charge in [0, 0.05) is 11.8 Å². The Labute approximate surface area is 165 Å². The Bertz CT molecular complexity index is 931. The Morgan fingerprint density at radius 2 is 1.89 bits per heavy atom. The van der Waals surface area contributed by atoms with Crippen molar-refractivity contribution in [3.63, 3.8) is 0 Å². The second kappa shape index (κ2) is 8.52. The summed E-state index contributed by atoms with van der Waals surface area (Å²) in [6, 6.07) is 14.1. The monoisotopic (exact) mass is 404 g/mol. The Morgan fingerprint density at radius 1 is 1.14 bits per heavy atom. The lowest BCUT2D eigenvalue weighted by molar-refractivity contribution is -0.117. The molecule has 7 nitrogen and oxygen atoms in total. The zero-order valence-corrected chi connectivity index (χ0v) is 16.7. The van der Waals surface area contributed by atoms with Crippen LogP contribution in [0.25, 0.3) is 0 Å². The average Bonchev–Trinajstić information content (AvgIpc) is 3.06. The Balaban J connectivity index is 1.79. The highest BCUT2D eigenvalue weighted by molar-refractivity contribution is 7.91. The van der Waals surface area contributed by atoms with Crippen LogP contribution in [0.15, 0.2) is 48.5 Å². The van der Waals surface area contributed by atoms with Crippen LogP contribution in [0.5, 0.6) is 11.5 Å². The molecule has 1 heterocycles. The van der Waals surface area contributed by atoms with E-state index in [2.05, 4.69) is 5.32 Å². The number of hydrogen-bond donors (Lipinski definition) is 1. The molecule has 0 bridgehead atoms. The molecule has 0 radical (unpaired) electrons. The summed E-state index contributed by atoms with van der Waals surface area (Å²) in [5.41, 5.74) is 1.35. The van der Waals surface area contributed by atoms with E-state index in [0.717, 1.165) is 0 Å². The van der Waals surface area contributed by atoms with Gasteiger partial charge in [0.25, 0.3) is 0 Å². The molecule has 1 amide bonds. The molecule has 150 valence electrons. The fraction of sp³-hybridized carbons (Fsp3) is 0.350. The maximum atomic E-state index is 13.0. The number of benzene rings is 2. The first-order valence-electron chi connectivity index (χ1n) is 8.97. The number of anilines is 2. The summed E-state index contributed by atoms with van der Waals surface area (Å²) in [5, 5.41) is 3.09. The number of sulfone groups is 1. The Kier molecular flexibility index (Phi) is 6.08. The van der Waals surface area contributed by atoms with Crippen LogP contribution in [0.1, 0.15) is 6.42 Å². The van der Waals surface area contributed by atoms with E-state index in [1.54, 1.807) is 37.3 Å². The number of para-hydroxylation sites is 1. The van der Waals surface area contributed by atoms with E-state index >= 15 is 0 Å². The number of ether oxygens (including phenoxy) is 2. The first-order chi connectivity index (χ1) is 13.4. The van der Waals surface area contributed by atoms with Gasteiger partial charge in [-0.05, 0) is 30.7 Å². The molecule has 1 saturated heterocycles. The van der Waals surface area contributed by atoms with E-state index in [-0.39, 0.29) is 30.0 Å². The molecule has 1 atom stereocenters. The minimum absolute atomic E-state index is 0.00807. The zero-order chi connectivity index (χ0) is 20.1. The van der Waals surface area contributed by atoms with E-state index in [4.69, 9.17) is 9.47 Å². The maximum Gasteiger partial charge on any atom is 0.246 e. The highest BCUT2D eigenvalue weighted by Gasteiger charge is 2.35. The quantitative estimate of drug-likeness (QED) is 0.763. The lowest BCUT2D eigenvalue weighted by Crippen LogP contribution is -2.44. The summed E-state index contributed by atoms with van der Waals surface area (Å²) < 4.78 is 34.4. The van der Waals surface area contributed by atoms with Crippen LogP contribution in [0.3, 0.4) is 0 Å². The van der Waals surface area contributed by atoms with Crippen molar-refractivity contribution >= 4 is 27.1 Å². The van der Waals surface area contributed by atoms with Crippen LogP contribution in [0.2, 0.25) is 0 Å². The summed E-state index contributed by atoms with van der Waals surface area (Å²) in [5.74, 6) is 1.09. The zero-order valence-electron chi connectivity index (χ0n) is 15.9. The minimum Gasteiger partial charge on any atom is -0.497 e. The topological polar surface area (TPSA) is 84.9 Å². The lowest BCUT2D eigenvalue weighted by Gasteiger charge is -2.29. The SMILES string of the molecule is COc1ccc(NCC(=O)N(c2ccccc2)[C@@H]2CCS(=O)(=O)C2)c(OC)c1. The molecule has 1 aliphatic heterocycles. The molecular weight excluding hydrogens is 380 g/mol. The molecule has 0 spiro atoms. The van der Waals surface area contributed by atoms with Crippen molar-refractivity contribution in [2.24, 2.45) is 0 Å². The predicted molar refractivity (Wildman–Crippen MR) is 109 cm³/mol. The molecule has 0 saturated carbocycles. The fourth-order valence-electron chi connectivity index (χ4n) is 3.33. The summed E-state index contributed by atoms with van der Waals surface area (Å²) in [4.78, 5) is 14.6. The van der Waals surface area contributed by atoms with Gasteiger partial charge in [0.2, 0.25) is 5.91 Å². The van der Waals surface area contributed by atoms with Gasteiger partial charge < -0.3 is 19.7 Å². The smallest absolute Gasteiger partial charge is 0.246 e. The van der Waals surface area contributed by atoms with E-state index < -0.39 is 9.84 Å². The number of nitrogens with one attached hydrogen (secondary N) is 1. The Hall–Kier alpha value is -2.74. The van der Waals surface area contributed by atoms with Crippen LogP contribution >= 0.6 is 0 Å². The number of methoxy groups -OCH3 is 2. The molecule has 0 unspecified atom stereocenters. The molecule has 2 aromatic carbocycles. The van der Waals surface area contributed by atoms with E-state index in [1.165, 1.54) is 0 Å². The molecule has 1 fully saturated rings. The molecular formula is C20H24N2O5S.